The molecule has 0 unspecified atom stereocenters. The molecule has 0 aliphatic rings. The van der Waals surface area contributed by atoms with Crippen LogP contribution in [0.4, 0.5) is 0 Å². The van der Waals surface area contributed by atoms with Crippen LogP contribution in [0.3, 0.4) is 0 Å². The second-order valence-corrected chi connectivity index (χ2v) is 7.45. The lowest BCUT2D eigenvalue weighted by atomic mass is 10.0. The molecule has 0 aliphatic carbocycles. The Balaban J connectivity index is 2.97. The van der Waals surface area contributed by atoms with Crippen LogP contribution in [-0.4, -0.2) is 5.33 Å². The third-order valence-corrected chi connectivity index (χ3v) is 4.88. The molecule has 0 amide bonds. The molecule has 0 saturated heterocycles. The highest BCUT2D eigenvalue weighted by molar-refractivity contribution is 9.09. The van der Waals surface area contributed by atoms with E-state index in [9.17, 15) is 0 Å². The average molecular weight is 385 g/mol. The van der Waals surface area contributed by atoms with Gasteiger partial charge in [-0.1, -0.05) is 132 Å². The zero-order valence-corrected chi connectivity index (χ0v) is 17.4. The van der Waals surface area contributed by atoms with Gasteiger partial charge in [-0.15, -0.1) is 5.92 Å². The maximum atomic E-state index is 3.33. The fraction of sp³-hybridized carbons (Fsp3) is 0.909. The monoisotopic (exact) mass is 384 g/mol. The smallest absolute Gasteiger partial charge is 0.0645 e. The summed E-state index contributed by atoms with van der Waals surface area (Å²) in [5, 5.41) is 0.825. The van der Waals surface area contributed by atoms with Crippen molar-refractivity contribution >= 4 is 15.9 Å². The summed E-state index contributed by atoms with van der Waals surface area (Å²) in [5.41, 5.74) is 0. The first-order chi connectivity index (χ1) is 11.4. The molecule has 23 heavy (non-hydrogen) atoms. The first-order valence-corrected chi connectivity index (χ1v) is 11.6. The summed E-state index contributed by atoms with van der Waals surface area (Å²) in [6, 6.07) is 0. The van der Waals surface area contributed by atoms with Crippen molar-refractivity contribution in [2.75, 3.05) is 5.33 Å². The number of alkyl halides is 1. The summed E-state index contributed by atoms with van der Waals surface area (Å²) >= 11 is 3.33. The molecule has 0 spiro atoms. The van der Waals surface area contributed by atoms with Crippen LogP contribution >= 0.6 is 15.9 Å². The summed E-state index contributed by atoms with van der Waals surface area (Å²) in [6.07, 6.45) is 25.5. The highest BCUT2D eigenvalue weighted by Gasteiger charge is 1.94. The van der Waals surface area contributed by atoms with Crippen LogP contribution in [0.1, 0.15) is 122 Å². The molecule has 0 fully saturated rings. The SMILES string of the molecule is CCCCCCCCCCCCCCCCCCCC#CCBr. The second kappa shape index (κ2) is 22.0. The van der Waals surface area contributed by atoms with E-state index < -0.39 is 0 Å². The van der Waals surface area contributed by atoms with Crippen molar-refractivity contribution in [2.24, 2.45) is 0 Å². The van der Waals surface area contributed by atoms with Crippen LogP contribution in [0.15, 0.2) is 0 Å². The van der Waals surface area contributed by atoms with E-state index in [2.05, 4.69) is 34.7 Å². The van der Waals surface area contributed by atoms with Crippen LogP contribution in [-0.2, 0) is 0 Å². The van der Waals surface area contributed by atoms with Crippen molar-refractivity contribution in [3.05, 3.63) is 0 Å². The summed E-state index contributed by atoms with van der Waals surface area (Å²) < 4.78 is 0. The Morgan fingerprint density at radius 2 is 0.826 bits per heavy atom. The summed E-state index contributed by atoms with van der Waals surface area (Å²) in [4.78, 5) is 0. The van der Waals surface area contributed by atoms with Gasteiger partial charge < -0.3 is 0 Å². The van der Waals surface area contributed by atoms with Gasteiger partial charge in [-0.05, 0) is 6.42 Å². The molecule has 0 bridgehead atoms. The van der Waals surface area contributed by atoms with Crippen molar-refractivity contribution in [1.29, 1.82) is 0 Å². The second-order valence-electron chi connectivity index (χ2n) is 6.89. The van der Waals surface area contributed by atoms with Crippen LogP contribution in [0.5, 0.6) is 0 Å². The van der Waals surface area contributed by atoms with Gasteiger partial charge in [0.05, 0.1) is 5.33 Å². The number of halogens is 1. The zero-order chi connectivity index (χ0) is 16.8. The highest BCUT2D eigenvalue weighted by Crippen LogP contribution is 2.14. The standard InChI is InChI=1S/C22H41Br/c1-2-3-4-5-6-7-8-9-10-11-12-13-14-15-16-17-18-19-20-21-22-23/h2-19,22H2,1H3. The minimum absolute atomic E-state index is 0.825. The van der Waals surface area contributed by atoms with Crippen molar-refractivity contribution in [3.8, 4) is 11.8 Å². The molecule has 0 aromatic rings. The fourth-order valence-electron chi connectivity index (χ4n) is 3.07. The Labute approximate surface area is 155 Å². The van der Waals surface area contributed by atoms with Crippen molar-refractivity contribution < 1.29 is 0 Å². The molecule has 0 saturated carbocycles. The predicted octanol–water partition coefficient (Wildman–Crippen LogP) is 8.43. The van der Waals surface area contributed by atoms with E-state index in [-0.39, 0.29) is 0 Å². The lowest BCUT2D eigenvalue weighted by Crippen LogP contribution is -1.83. The van der Waals surface area contributed by atoms with Crippen molar-refractivity contribution in [2.45, 2.75) is 122 Å². The summed E-state index contributed by atoms with van der Waals surface area (Å²) in [7, 11) is 0. The minimum Gasteiger partial charge on any atom is -0.102 e. The van der Waals surface area contributed by atoms with Crippen LogP contribution in [0.25, 0.3) is 0 Å². The Hall–Kier alpha value is 0.0400. The maximum absolute atomic E-state index is 3.33. The van der Waals surface area contributed by atoms with Gasteiger partial charge in [-0.3, -0.25) is 0 Å². The Morgan fingerprint density at radius 3 is 1.17 bits per heavy atom. The molecule has 0 heterocycles. The zero-order valence-electron chi connectivity index (χ0n) is 15.8. The molecule has 0 aromatic heterocycles. The molecule has 0 radical (unpaired) electrons. The molecule has 1 heteroatoms. The molecule has 0 atom stereocenters. The van der Waals surface area contributed by atoms with E-state index in [1.165, 1.54) is 109 Å². The van der Waals surface area contributed by atoms with Crippen LogP contribution in [0, 0.1) is 11.8 Å². The normalized spacial score (nSPS) is 10.5. The lowest BCUT2D eigenvalue weighted by Gasteiger charge is -2.03. The Morgan fingerprint density at radius 1 is 0.478 bits per heavy atom. The molecule has 0 N–H and O–H groups in total. The molecule has 136 valence electrons. The quantitative estimate of drug-likeness (QED) is 0.134. The van der Waals surface area contributed by atoms with E-state index in [4.69, 9.17) is 0 Å². The molecular weight excluding hydrogens is 344 g/mol. The minimum atomic E-state index is 0.825. The van der Waals surface area contributed by atoms with E-state index in [0.717, 1.165) is 11.8 Å². The van der Waals surface area contributed by atoms with Gasteiger partial charge in [-0.25, -0.2) is 0 Å². The summed E-state index contributed by atoms with van der Waals surface area (Å²) in [6.45, 7) is 2.29. The van der Waals surface area contributed by atoms with Crippen molar-refractivity contribution in [3.63, 3.8) is 0 Å². The van der Waals surface area contributed by atoms with Crippen LogP contribution in [0.2, 0.25) is 0 Å². The van der Waals surface area contributed by atoms with Gasteiger partial charge in [0.2, 0.25) is 0 Å². The van der Waals surface area contributed by atoms with E-state index >= 15 is 0 Å². The highest BCUT2D eigenvalue weighted by atomic mass is 79.9. The number of rotatable bonds is 17. The van der Waals surface area contributed by atoms with E-state index in [1.54, 1.807) is 0 Å². The maximum Gasteiger partial charge on any atom is 0.0645 e. The third kappa shape index (κ3) is 22.0. The number of unbranched alkanes of at least 4 members (excludes halogenated alkanes) is 17. The number of hydrogen-bond donors (Lipinski definition) is 0. The van der Waals surface area contributed by atoms with E-state index in [1.807, 2.05) is 0 Å². The van der Waals surface area contributed by atoms with Gasteiger partial charge in [0.1, 0.15) is 0 Å². The molecule has 0 aromatic carbocycles. The first-order valence-electron chi connectivity index (χ1n) is 10.4. The lowest BCUT2D eigenvalue weighted by molar-refractivity contribution is 0.528. The van der Waals surface area contributed by atoms with E-state index in [0.29, 0.717) is 0 Å². The molecule has 0 aliphatic heterocycles. The third-order valence-electron chi connectivity index (χ3n) is 4.60. The van der Waals surface area contributed by atoms with Gasteiger partial charge in [0, 0.05) is 6.42 Å². The Bertz CT molecular complexity index is 261. The number of hydrogen-bond acceptors (Lipinski definition) is 0. The van der Waals surface area contributed by atoms with Crippen molar-refractivity contribution in [1.82, 2.24) is 0 Å². The largest absolute Gasteiger partial charge is 0.102 e. The Kier molecular flexibility index (Phi) is 22.1. The average Bonchev–Trinajstić information content (AvgIpc) is 2.57. The van der Waals surface area contributed by atoms with Gasteiger partial charge in [0.25, 0.3) is 0 Å². The molecule has 0 nitrogen and oxygen atoms in total. The van der Waals surface area contributed by atoms with Gasteiger partial charge in [-0.2, -0.15) is 0 Å². The fourth-order valence-corrected chi connectivity index (χ4v) is 3.27. The predicted molar refractivity (Wildman–Crippen MR) is 110 cm³/mol. The van der Waals surface area contributed by atoms with Gasteiger partial charge in [0.15, 0.2) is 0 Å². The van der Waals surface area contributed by atoms with Crippen LogP contribution < -0.4 is 0 Å². The topological polar surface area (TPSA) is 0 Å². The summed E-state index contributed by atoms with van der Waals surface area (Å²) in [5.74, 6) is 6.26. The van der Waals surface area contributed by atoms with Gasteiger partial charge >= 0.3 is 0 Å². The molecule has 0 rings (SSSR count). The first kappa shape index (κ1) is 23.0. The molecular formula is C22H41Br.